The lowest BCUT2D eigenvalue weighted by molar-refractivity contribution is -0.113. The van der Waals surface area contributed by atoms with E-state index in [1.165, 1.54) is 23.9 Å². The van der Waals surface area contributed by atoms with Crippen molar-refractivity contribution in [2.24, 2.45) is 0 Å². The van der Waals surface area contributed by atoms with E-state index < -0.39 is 10.0 Å². The number of hydrogen-bond donors (Lipinski definition) is 2. The van der Waals surface area contributed by atoms with Crippen LogP contribution in [0.1, 0.15) is 16.7 Å². The van der Waals surface area contributed by atoms with Gasteiger partial charge in [-0.25, -0.2) is 8.42 Å². The van der Waals surface area contributed by atoms with Crippen molar-refractivity contribution in [3.8, 4) is 0 Å². The molecule has 0 saturated heterocycles. The molecule has 0 heterocycles. The molecule has 5 nitrogen and oxygen atoms in total. The molecule has 3 aromatic carbocycles. The predicted molar refractivity (Wildman–Crippen MR) is 132 cm³/mol. The van der Waals surface area contributed by atoms with E-state index in [1.807, 2.05) is 50.2 Å². The summed E-state index contributed by atoms with van der Waals surface area (Å²) in [6.07, 6.45) is 0. The van der Waals surface area contributed by atoms with Gasteiger partial charge >= 0.3 is 0 Å². The van der Waals surface area contributed by atoms with Gasteiger partial charge in [0.2, 0.25) is 5.91 Å². The minimum absolute atomic E-state index is 0.133. The van der Waals surface area contributed by atoms with Gasteiger partial charge in [0.1, 0.15) is 0 Å². The largest absolute Gasteiger partial charge is 0.325 e. The quantitative estimate of drug-likeness (QED) is 0.398. The lowest BCUT2D eigenvalue weighted by atomic mass is 10.1. The first-order chi connectivity index (χ1) is 14.7. The zero-order valence-electron chi connectivity index (χ0n) is 17.2. The molecule has 0 aliphatic heterocycles. The summed E-state index contributed by atoms with van der Waals surface area (Å²) in [4.78, 5) is 12.3. The molecule has 3 aromatic rings. The third kappa shape index (κ3) is 6.85. The van der Waals surface area contributed by atoms with Crippen molar-refractivity contribution in [1.29, 1.82) is 0 Å². The standard InChI is InChI=1S/C23H23BrN2O3S2/c1-16-3-12-22(17(2)13-16)26-31(28,29)21-10-8-20(9-11-21)25-23(27)15-30-14-18-4-6-19(24)7-5-18/h3-13,26H,14-15H2,1-2H3,(H,25,27). The fraction of sp³-hybridized carbons (Fsp3) is 0.174. The molecule has 0 aromatic heterocycles. The van der Waals surface area contributed by atoms with Crippen molar-refractivity contribution in [2.45, 2.75) is 24.5 Å². The van der Waals surface area contributed by atoms with Gasteiger partial charge in [-0.1, -0.05) is 45.8 Å². The van der Waals surface area contributed by atoms with Gasteiger partial charge in [-0.3, -0.25) is 9.52 Å². The molecule has 0 aliphatic rings. The normalized spacial score (nSPS) is 11.2. The number of amides is 1. The smallest absolute Gasteiger partial charge is 0.261 e. The first-order valence-electron chi connectivity index (χ1n) is 9.55. The lowest BCUT2D eigenvalue weighted by Crippen LogP contribution is -2.15. The average molecular weight is 519 g/mol. The van der Waals surface area contributed by atoms with Crippen LogP contribution in [0, 0.1) is 13.8 Å². The average Bonchev–Trinajstić information content (AvgIpc) is 2.72. The highest BCUT2D eigenvalue weighted by Crippen LogP contribution is 2.22. The highest BCUT2D eigenvalue weighted by atomic mass is 79.9. The lowest BCUT2D eigenvalue weighted by Gasteiger charge is -2.12. The molecule has 3 rings (SSSR count). The number of nitrogens with one attached hydrogen (secondary N) is 2. The molecule has 0 fully saturated rings. The topological polar surface area (TPSA) is 75.3 Å². The molecule has 0 aliphatic carbocycles. The Kier molecular flexibility index (Phi) is 7.80. The van der Waals surface area contributed by atoms with E-state index in [1.54, 1.807) is 18.2 Å². The molecule has 0 atom stereocenters. The summed E-state index contributed by atoms with van der Waals surface area (Å²) in [5.74, 6) is 0.915. The van der Waals surface area contributed by atoms with E-state index in [9.17, 15) is 13.2 Å². The number of carbonyl (C=O) groups excluding carboxylic acids is 1. The number of carbonyl (C=O) groups is 1. The summed E-state index contributed by atoms with van der Waals surface area (Å²) >= 11 is 4.92. The Labute approximate surface area is 195 Å². The maximum atomic E-state index is 12.7. The molecule has 0 spiro atoms. The Hall–Kier alpha value is -2.29. The van der Waals surface area contributed by atoms with E-state index in [0.29, 0.717) is 17.1 Å². The van der Waals surface area contributed by atoms with Crippen LogP contribution >= 0.6 is 27.7 Å². The van der Waals surface area contributed by atoms with E-state index in [2.05, 4.69) is 26.0 Å². The second-order valence-corrected chi connectivity index (χ2v) is 10.7. The number of thioether (sulfide) groups is 1. The number of rotatable bonds is 8. The van der Waals surface area contributed by atoms with E-state index in [-0.39, 0.29) is 10.8 Å². The van der Waals surface area contributed by atoms with Crippen LogP contribution in [0.25, 0.3) is 0 Å². The van der Waals surface area contributed by atoms with Gasteiger partial charge in [0.15, 0.2) is 0 Å². The number of sulfonamides is 1. The molecular formula is C23H23BrN2O3S2. The van der Waals surface area contributed by atoms with Gasteiger partial charge in [-0.05, 0) is 67.4 Å². The van der Waals surface area contributed by atoms with Crippen molar-refractivity contribution in [3.05, 3.63) is 87.9 Å². The maximum Gasteiger partial charge on any atom is 0.261 e. The Morgan fingerprint density at radius 3 is 2.29 bits per heavy atom. The molecule has 8 heteroatoms. The Bertz CT molecular complexity index is 1160. The summed E-state index contributed by atoms with van der Waals surface area (Å²) in [6, 6.07) is 19.7. The number of aryl methyl sites for hydroxylation is 2. The Morgan fingerprint density at radius 1 is 0.968 bits per heavy atom. The minimum Gasteiger partial charge on any atom is -0.325 e. The first kappa shape index (κ1) is 23.4. The fourth-order valence-electron chi connectivity index (χ4n) is 2.89. The van der Waals surface area contributed by atoms with Gasteiger partial charge in [0.05, 0.1) is 16.3 Å². The van der Waals surface area contributed by atoms with Crippen molar-refractivity contribution in [2.75, 3.05) is 15.8 Å². The van der Waals surface area contributed by atoms with Crippen LogP contribution in [0.4, 0.5) is 11.4 Å². The monoisotopic (exact) mass is 518 g/mol. The predicted octanol–water partition coefficient (Wildman–Crippen LogP) is 5.74. The first-order valence-corrected chi connectivity index (χ1v) is 13.0. The van der Waals surface area contributed by atoms with Crippen molar-refractivity contribution < 1.29 is 13.2 Å². The molecule has 0 unspecified atom stereocenters. The van der Waals surface area contributed by atoms with Gasteiger partial charge in [-0.2, -0.15) is 0 Å². The van der Waals surface area contributed by atoms with Gasteiger partial charge in [0.25, 0.3) is 10.0 Å². The summed E-state index contributed by atoms with van der Waals surface area (Å²) in [6.45, 7) is 3.82. The van der Waals surface area contributed by atoms with Gasteiger partial charge < -0.3 is 5.32 Å². The number of halogens is 1. The van der Waals surface area contributed by atoms with Crippen molar-refractivity contribution >= 4 is 55.0 Å². The van der Waals surface area contributed by atoms with Crippen molar-refractivity contribution in [3.63, 3.8) is 0 Å². The summed E-state index contributed by atoms with van der Waals surface area (Å²) < 4.78 is 29.0. The molecule has 2 N–H and O–H groups in total. The molecule has 1 amide bonds. The number of anilines is 2. The number of hydrogen-bond acceptors (Lipinski definition) is 4. The fourth-order valence-corrected chi connectivity index (χ4v) is 5.07. The van der Waals surface area contributed by atoms with Gasteiger partial charge in [-0.15, -0.1) is 11.8 Å². The highest BCUT2D eigenvalue weighted by Gasteiger charge is 2.15. The van der Waals surface area contributed by atoms with Crippen LogP contribution in [0.5, 0.6) is 0 Å². The maximum absolute atomic E-state index is 12.7. The van der Waals surface area contributed by atoms with Crippen molar-refractivity contribution in [1.82, 2.24) is 0 Å². The summed E-state index contributed by atoms with van der Waals surface area (Å²) in [5.41, 5.74) is 4.17. The van der Waals surface area contributed by atoms with Crippen LogP contribution in [-0.4, -0.2) is 20.1 Å². The minimum atomic E-state index is -3.71. The van der Waals surface area contributed by atoms with E-state index in [4.69, 9.17) is 0 Å². The number of benzene rings is 3. The Balaban J connectivity index is 1.55. The molecule has 162 valence electrons. The molecular weight excluding hydrogens is 496 g/mol. The zero-order valence-corrected chi connectivity index (χ0v) is 20.4. The zero-order chi connectivity index (χ0) is 22.4. The molecule has 31 heavy (non-hydrogen) atoms. The summed E-state index contributed by atoms with van der Waals surface area (Å²) in [7, 11) is -3.71. The van der Waals surface area contributed by atoms with E-state index >= 15 is 0 Å². The third-order valence-electron chi connectivity index (χ3n) is 4.49. The van der Waals surface area contributed by atoms with Gasteiger partial charge in [0, 0.05) is 15.9 Å². The Morgan fingerprint density at radius 2 is 1.65 bits per heavy atom. The van der Waals surface area contributed by atoms with Crippen LogP contribution < -0.4 is 10.0 Å². The summed E-state index contributed by atoms with van der Waals surface area (Å²) in [5, 5.41) is 2.80. The molecule has 0 saturated carbocycles. The third-order valence-corrected chi connectivity index (χ3v) is 7.40. The molecule has 0 radical (unpaired) electrons. The highest BCUT2D eigenvalue weighted by molar-refractivity contribution is 9.10. The second kappa shape index (κ2) is 10.3. The van der Waals surface area contributed by atoms with E-state index in [0.717, 1.165) is 26.9 Å². The SMILES string of the molecule is Cc1ccc(NS(=O)(=O)c2ccc(NC(=O)CSCc3ccc(Br)cc3)cc2)c(C)c1. The molecule has 0 bridgehead atoms. The van der Waals surface area contributed by atoms with Crippen LogP contribution in [-0.2, 0) is 20.6 Å². The second-order valence-electron chi connectivity index (χ2n) is 7.12. The van der Waals surface area contributed by atoms with Crippen LogP contribution in [0.2, 0.25) is 0 Å². The van der Waals surface area contributed by atoms with Crippen LogP contribution in [0.3, 0.4) is 0 Å². The van der Waals surface area contributed by atoms with Crippen LogP contribution in [0.15, 0.2) is 76.1 Å².